The van der Waals surface area contributed by atoms with Crippen molar-refractivity contribution < 1.29 is 32.0 Å². The quantitative estimate of drug-likeness (QED) is 0.353. The topological polar surface area (TPSA) is 67.6 Å². The average Bonchev–Trinajstić information content (AvgIpc) is 3.34. The molecule has 1 aliphatic rings. The highest BCUT2D eigenvalue weighted by atomic mass is 32.2. The normalized spacial score (nSPS) is 15.6. The van der Waals surface area contributed by atoms with Crippen LogP contribution in [0.1, 0.15) is 21.7 Å². The van der Waals surface area contributed by atoms with E-state index >= 15 is 0 Å². The Morgan fingerprint density at radius 3 is 2.38 bits per heavy atom. The van der Waals surface area contributed by atoms with E-state index in [9.17, 15) is 27.6 Å². The second kappa shape index (κ2) is 8.51. The van der Waals surface area contributed by atoms with Crippen LogP contribution in [0.4, 0.5) is 18.0 Å². The molecule has 0 spiro atoms. The fourth-order valence-corrected chi connectivity index (χ4v) is 3.96. The minimum absolute atomic E-state index is 0.0147. The molecule has 0 unspecified atom stereocenters. The molecule has 9 heteroatoms. The van der Waals surface area contributed by atoms with Gasteiger partial charge in [-0.05, 0) is 30.0 Å². The van der Waals surface area contributed by atoms with Crippen molar-refractivity contribution in [3.63, 3.8) is 0 Å². The summed E-state index contributed by atoms with van der Waals surface area (Å²) in [4.78, 5) is 38.1. The first-order valence-electron chi connectivity index (χ1n) is 9.34. The molecule has 3 aromatic rings. The molecule has 0 radical (unpaired) electrons. The molecule has 4 rings (SSSR count). The molecule has 0 bridgehead atoms. The molecule has 0 atom stereocenters. The summed E-state index contributed by atoms with van der Waals surface area (Å²) in [5.41, 5.74) is -0.614. The monoisotopic (exact) mass is 457 g/mol. The number of benzene rings is 2. The number of carbonyl (C=O) groups is 3. The van der Waals surface area contributed by atoms with Crippen molar-refractivity contribution in [3.05, 3.63) is 88.5 Å². The number of carbonyl (C=O) groups excluding carboxylic acids is 3. The number of nitrogens with zero attached hydrogens (tertiary/aromatic N) is 1. The van der Waals surface area contributed by atoms with Gasteiger partial charge in [-0.3, -0.25) is 19.3 Å². The van der Waals surface area contributed by atoms with E-state index in [0.717, 1.165) is 11.0 Å². The van der Waals surface area contributed by atoms with Gasteiger partial charge in [-0.25, -0.2) is 0 Å². The zero-order valence-corrected chi connectivity index (χ0v) is 17.1. The lowest BCUT2D eigenvalue weighted by Gasteiger charge is -2.11. The number of furan rings is 1. The molecule has 0 saturated carbocycles. The maximum absolute atomic E-state index is 13.3. The Labute approximate surface area is 184 Å². The molecule has 5 nitrogen and oxygen atoms in total. The van der Waals surface area contributed by atoms with Crippen LogP contribution in [-0.4, -0.2) is 28.4 Å². The second-order valence-electron chi connectivity index (χ2n) is 6.80. The third-order valence-corrected chi connectivity index (χ3v) is 5.58. The Morgan fingerprint density at radius 2 is 1.66 bits per heavy atom. The van der Waals surface area contributed by atoms with Crippen LogP contribution in [0, 0.1) is 0 Å². The molecule has 2 amide bonds. The standard InChI is InChI=1S/C23H14F3NO4S/c24-23(25,26)17-9-5-4-8-16(17)19-11-10-15(31-19)12-20-21(29)27(22(30)32-20)13-18(28)14-6-2-1-3-7-14/h1-12H,13H2/b20-12+. The van der Waals surface area contributed by atoms with Crippen molar-refractivity contribution in [1.82, 2.24) is 4.90 Å². The summed E-state index contributed by atoms with van der Waals surface area (Å²) in [7, 11) is 0. The summed E-state index contributed by atoms with van der Waals surface area (Å²) < 4.78 is 45.3. The van der Waals surface area contributed by atoms with Gasteiger partial charge in [0.1, 0.15) is 11.5 Å². The van der Waals surface area contributed by atoms with Crippen LogP contribution in [-0.2, 0) is 11.0 Å². The maximum Gasteiger partial charge on any atom is 0.417 e. The van der Waals surface area contributed by atoms with Gasteiger partial charge in [0.2, 0.25) is 0 Å². The summed E-state index contributed by atoms with van der Waals surface area (Å²) >= 11 is 0.633. The van der Waals surface area contributed by atoms with Crippen molar-refractivity contribution in [1.29, 1.82) is 0 Å². The third-order valence-electron chi connectivity index (χ3n) is 4.67. The molecule has 1 aliphatic heterocycles. The first-order chi connectivity index (χ1) is 15.2. The van der Waals surface area contributed by atoms with Gasteiger partial charge in [0.15, 0.2) is 5.78 Å². The molecular weight excluding hydrogens is 443 g/mol. The Balaban J connectivity index is 1.55. The largest absolute Gasteiger partial charge is 0.457 e. The Bertz CT molecular complexity index is 1230. The van der Waals surface area contributed by atoms with Gasteiger partial charge >= 0.3 is 6.18 Å². The second-order valence-corrected chi connectivity index (χ2v) is 7.80. The predicted octanol–water partition coefficient (Wildman–Crippen LogP) is 5.88. The number of imide groups is 1. The van der Waals surface area contributed by atoms with Crippen LogP contribution < -0.4 is 0 Å². The summed E-state index contributed by atoms with van der Waals surface area (Å²) in [5, 5.41) is -0.611. The van der Waals surface area contributed by atoms with Gasteiger partial charge in [0, 0.05) is 17.2 Å². The van der Waals surface area contributed by atoms with Crippen molar-refractivity contribution in [2.45, 2.75) is 6.18 Å². The SMILES string of the molecule is O=C(CN1C(=O)S/C(=C/c2ccc(-c3ccccc3C(F)(F)F)o2)C1=O)c1ccccc1. The smallest absolute Gasteiger partial charge is 0.417 e. The number of hydrogen-bond acceptors (Lipinski definition) is 5. The molecule has 0 N–H and O–H groups in total. The zero-order chi connectivity index (χ0) is 22.9. The van der Waals surface area contributed by atoms with Crippen molar-refractivity contribution in [3.8, 4) is 11.3 Å². The van der Waals surface area contributed by atoms with E-state index in [2.05, 4.69) is 0 Å². The molecular formula is C23H14F3NO4S. The van der Waals surface area contributed by atoms with E-state index in [1.54, 1.807) is 30.3 Å². The Hall–Kier alpha value is -3.59. The fourth-order valence-electron chi connectivity index (χ4n) is 3.14. The highest BCUT2D eigenvalue weighted by Crippen LogP contribution is 2.38. The molecule has 1 aromatic heterocycles. The van der Waals surface area contributed by atoms with Gasteiger partial charge in [-0.1, -0.05) is 48.5 Å². The summed E-state index contributed by atoms with van der Waals surface area (Å²) in [6, 6.07) is 16.0. The van der Waals surface area contributed by atoms with Gasteiger partial charge in [0.05, 0.1) is 17.0 Å². The lowest BCUT2D eigenvalue weighted by molar-refractivity contribution is -0.137. The molecule has 32 heavy (non-hydrogen) atoms. The predicted molar refractivity (Wildman–Crippen MR) is 113 cm³/mol. The maximum atomic E-state index is 13.3. The van der Waals surface area contributed by atoms with Gasteiger partial charge in [-0.2, -0.15) is 13.2 Å². The molecule has 0 aliphatic carbocycles. The van der Waals surface area contributed by atoms with Crippen LogP contribution in [0.15, 0.2) is 76.1 Å². The van der Waals surface area contributed by atoms with E-state index in [4.69, 9.17) is 4.42 Å². The van der Waals surface area contributed by atoms with E-state index in [0.29, 0.717) is 17.3 Å². The number of alkyl halides is 3. The van der Waals surface area contributed by atoms with Gasteiger partial charge < -0.3 is 4.42 Å². The van der Waals surface area contributed by atoms with Crippen molar-refractivity contribution in [2.75, 3.05) is 6.54 Å². The molecule has 2 heterocycles. The Morgan fingerprint density at radius 1 is 0.969 bits per heavy atom. The van der Waals surface area contributed by atoms with Crippen LogP contribution in [0.2, 0.25) is 0 Å². The fraction of sp³-hybridized carbons (Fsp3) is 0.0870. The number of amides is 2. The summed E-state index contributed by atoms with van der Waals surface area (Å²) in [5.74, 6) is -0.976. The highest BCUT2D eigenvalue weighted by Gasteiger charge is 2.37. The van der Waals surface area contributed by atoms with Crippen molar-refractivity contribution in [2.24, 2.45) is 0 Å². The van der Waals surface area contributed by atoms with E-state index < -0.39 is 35.2 Å². The van der Waals surface area contributed by atoms with E-state index in [-0.39, 0.29) is 22.0 Å². The number of Topliss-reactive ketones (excluding diaryl/α,β-unsaturated/α-hetero) is 1. The zero-order valence-electron chi connectivity index (χ0n) is 16.3. The minimum atomic E-state index is -4.56. The lowest BCUT2D eigenvalue weighted by atomic mass is 10.1. The number of rotatable bonds is 5. The van der Waals surface area contributed by atoms with Crippen molar-refractivity contribution >= 4 is 34.8 Å². The van der Waals surface area contributed by atoms with Crippen LogP contribution in [0.3, 0.4) is 0 Å². The first kappa shape index (κ1) is 21.6. The van der Waals surface area contributed by atoms with E-state index in [1.807, 2.05) is 0 Å². The van der Waals surface area contributed by atoms with Crippen LogP contribution >= 0.6 is 11.8 Å². The third kappa shape index (κ3) is 4.38. The molecule has 1 saturated heterocycles. The molecule has 2 aromatic carbocycles. The molecule has 162 valence electrons. The number of thioether (sulfide) groups is 1. The summed E-state index contributed by atoms with van der Waals surface area (Å²) in [6.45, 7) is -0.408. The van der Waals surface area contributed by atoms with E-state index in [1.165, 1.54) is 36.4 Å². The van der Waals surface area contributed by atoms with Crippen LogP contribution in [0.5, 0.6) is 0 Å². The lowest BCUT2D eigenvalue weighted by Crippen LogP contribution is -2.33. The van der Waals surface area contributed by atoms with Crippen LogP contribution in [0.25, 0.3) is 17.4 Å². The van der Waals surface area contributed by atoms with Gasteiger partial charge in [0.25, 0.3) is 11.1 Å². The molecule has 1 fully saturated rings. The minimum Gasteiger partial charge on any atom is -0.457 e. The highest BCUT2D eigenvalue weighted by molar-refractivity contribution is 8.18. The number of halogens is 3. The van der Waals surface area contributed by atoms with Gasteiger partial charge in [-0.15, -0.1) is 0 Å². The first-order valence-corrected chi connectivity index (χ1v) is 10.2. The Kier molecular flexibility index (Phi) is 5.75. The number of hydrogen-bond donors (Lipinski definition) is 0. The summed E-state index contributed by atoms with van der Waals surface area (Å²) in [6.07, 6.45) is -3.28. The average molecular weight is 457 g/mol. The number of ketones is 1.